The normalized spacial score (nSPS) is 12.2. The molecule has 0 spiro atoms. The predicted molar refractivity (Wildman–Crippen MR) is 77.1 cm³/mol. The van der Waals surface area contributed by atoms with Gasteiger partial charge in [0.1, 0.15) is 0 Å². The first-order valence-electron chi connectivity index (χ1n) is 6.93. The molecule has 0 saturated carbocycles. The number of aliphatic carboxylic acids is 1. The maximum absolute atomic E-state index is 11.8. The van der Waals surface area contributed by atoms with Crippen LogP contribution in [0.15, 0.2) is 24.3 Å². The molecular formula is C16H22KNO4. The largest absolute Gasteiger partial charge is 1.00 e. The van der Waals surface area contributed by atoms with E-state index in [-0.39, 0.29) is 70.1 Å². The van der Waals surface area contributed by atoms with Gasteiger partial charge in [0, 0.05) is 24.9 Å². The number of carbonyl (C=O) groups excluding carboxylic acids is 2. The van der Waals surface area contributed by atoms with E-state index in [9.17, 15) is 19.8 Å². The molecule has 1 atom stereocenters. The average molecular weight is 331 g/mol. The Kier molecular flexibility index (Phi) is 9.69. The van der Waals surface area contributed by atoms with Crippen LogP contribution in [0, 0.1) is 12.8 Å². The third-order valence-corrected chi connectivity index (χ3v) is 3.08. The number of carbonyl (C=O) groups is 2. The number of carboxylic acid groups (broad SMARTS) is 1. The van der Waals surface area contributed by atoms with E-state index in [0.717, 1.165) is 11.1 Å². The smallest absolute Gasteiger partial charge is 0.550 e. The Morgan fingerprint density at radius 1 is 1.36 bits per heavy atom. The number of hydrogen-bond donors (Lipinski definition) is 2. The van der Waals surface area contributed by atoms with Crippen molar-refractivity contribution in [1.29, 1.82) is 0 Å². The molecule has 0 bridgehead atoms. The zero-order valence-corrected chi connectivity index (χ0v) is 16.8. The summed E-state index contributed by atoms with van der Waals surface area (Å²) in [5.41, 5.74) is 0.897. The molecule has 0 fully saturated rings. The first-order chi connectivity index (χ1) is 9.67. The van der Waals surface area contributed by atoms with Gasteiger partial charge in [0.15, 0.2) is 0 Å². The van der Waals surface area contributed by atoms with Crippen LogP contribution in [-0.2, 0) is 16.1 Å². The Labute approximate surface area is 173 Å². The molecule has 0 radical (unpaired) electrons. The summed E-state index contributed by atoms with van der Waals surface area (Å²) >= 11 is 0. The number of aliphatic hydroxyl groups is 1. The number of hydrogen-bond acceptors (Lipinski definition) is 4. The van der Waals surface area contributed by atoms with Crippen LogP contribution in [0.4, 0.5) is 0 Å². The Bertz CT molecular complexity index is 511. The molecule has 0 aliphatic rings. The fourth-order valence-corrected chi connectivity index (χ4v) is 2.16. The first kappa shape index (κ1) is 21.8. The Balaban J connectivity index is 0.00000441. The summed E-state index contributed by atoms with van der Waals surface area (Å²) in [6, 6.07) is 7.70. The summed E-state index contributed by atoms with van der Waals surface area (Å²) in [5.74, 6) is -2.68. The van der Waals surface area contributed by atoms with Crippen molar-refractivity contribution in [3.63, 3.8) is 0 Å². The van der Waals surface area contributed by atoms with Crippen molar-refractivity contribution in [2.24, 2.45) is 5.92 Å². The Morgan fingerprint density at radius 2 is 2.00 bits per heavy atom. The number of amides is 1. The maximum Gasteiger partial charge on any atom is 1.00 e. The molecule has 1 rings (SSSR count). The summed E-state index contributed by atoms with van der Waals surface area (Å²) in [6.07, 6.45) is -0.217. The number of nitrogens with one attached hydrogen (secondary N) is 1. The van der Waals surface area contributed by atoms with E-state index in [0.29, 0.717) is 6.54 Å². The summed E-state index contributed by atoms with van der Waals surface area (Å²) in [6.45, 7) is 5.32. The van der Waals surface area contributed by atoms with Gasteiger partial charge >= 0.3 is 51.4 Å². The number of rotatable bonds is 7. The van der Waals surface area contributed by atoms with E-state index in [2.05, 4.69) is 5.32 Å². The van der Waals surface area contributed by atoms with Crippen molar-refractivity contribution >= 4 is 11.9 Å². The van der Waals surface area contributed by atoms with Gasteiger partial charge in [-0.3, -0.25) is 4.79 Å². The molecule has 1 aromatic carbocycles. The molecule has 0 aromatic heterocycles. The van der Waals surface area contributed by atoms with Gasteiger partial charge in [-0.05, 0) is 32.8 Å². The molecule has 2 N–H and O–H groups in total. The number of aryl methyl sites for hydroxylation is 1. The van der Waals surface area contributed by atoms with Crippen molar-refractivity contribution in [3.8, 4) is 0 Å². The van der Waals surface area contributed by atoms with Gasteiger partial charge in [0.2, 0.25) is 5.91 Å². The van der Waals surface area contributed by atoms with Crippen molar-refractivity contribution in [2.75, 3.05) is 0 Å². The van der Waals surface area contributed by atoms with Crippen LogP contribution >= 0.6 is 0 Å². The summed E-state index contributed by atoms with van der Waals surface area (Å²) < 4.78 is 0. The SMILES string of the molecule is Cc1cccc(CNC(=O)CC(CC(C)(C)O)C(=O)[O-])c1.[K+]. The van der Waals surface area contributed by atoms with Crippen molar-refractivity contribution in [3.05, 3.63) is 35.4 Å². The quantitative estimate of drug-likeness (QED) is 0.542. The van der Waals surface area contributed by atoms with Gasteiger partial charge < -0.3 is 20.3 Å². The molecule has 0 heterocycles. The average Bonchev–Trinajstić information content (AvgIpc) is 2.34. The van der Waals surface area contributed by atoms with Crippen molar-refractivity contribution in [2.45, 2.75) is 45.8 Å². The fraction of sp³-hybridized carbons (Fsp3) is 0.500. The molecule has 1 aromatic rings. The van der Waals surface area contributed by atoms with E-state index in [1.54, 1.807) is 0 Å². The molecule has 0 aliphatic heterocycles. The second-order valence-electron chi connectivity index (χ2n) is 6.00. The minimum atomic E-state index is -1.32. The van der Waals surface area contributed by atoms with Crippen LogP contribution in [-0.4, -0.2) is 22.6 Å². The minimum absolute atomic E-state index is 0. The van der Waals surface area contributed by atoms with E-state index in [1.165, 1.54) is 13.8 Å². The van der Waals surface area contributed by atoms with Crippen LogP contribution in [0.1, 0.15) is 37.8 Å². The van der Waals surface area contributed by atoms with Gasteiger partial charge in [-0.1, -0.05) is 29.8 Å². The monoisotopic (exact) mass is 331 g/mol. The van der Waals surface area contributed by atoms with E-state index in [1.807, 2.05) is 31.2 Å². The Morgan fingerprint density at radius 3 is 2.50 bits per heavy atom. The molecule has 6 heteroatoms. The molecule has 116 valence electrons. The van der Waals surface area contributed by atoms with Crippen LogP contribution in [0.25, 0.3) is 0 Å². The molecule has 1 amide bonds. The van der Waals surface area contributed by atoms with Gasteiger partial charge in [-0.25, -0.2) is 0 Å². The fourth-order valence-electron chi connectivity index (χ4n) is 2.16. The van der Waals surface area contributed by atoms with E-state index < -0.39 is 17.5 Å². The standard InChI is InChI=1S/C16H23NO4.K/c1-11-5-4-6-12(7-11)10-17-14(18)8-13(15(19)20)9-16(2,3)21;/h4-7,13,21H,8-10H2,1-3H3,(H,17,18)(H,19,20);/q;+1/p-1. The summed E-state index contributed by atoms with van der Waals surface area (Å²) in [4.78, 5) is 22.8. The second kappa shape index (κ2) is 9.80. The molecule has 0 aliphatic carbocycles. The molecule has 22 heavy (non-hydrogen) atoms. The topological polar surface area (TPSA) is 89.5 Å². The third-order valence-electron chi connectivity index (χ3n) is 3.08. The van der Waals surface area contributed by atoms with Crippen molar-refractivity contribution in [1.82, 2.24) is 5.32 Å². The number of benzene rings is 1. The zero-order chi connectivity index (χ0) is 16.0. The first-order valence-corrected chi connectivity index (χ1v) is 6.93. The van der Waals surface area contributed by atoms with Crippen LogP contribution < -0.4 is 61.8 Å². The van der Waals surface area contributed by atoms with Crippen molar-refractivity contribution < 1.29 is 71.2 Å². The molecule has 0 saturated heterocycles. The van der Waals surface area contributed by atoms with Gasteiger partial charge in [0.25, 0.3) is 0 Å². The van der Waals surface area contributed by atoms with Crippen LogP contribution in [0.5, 0.6) is 0 Å². The third kappa shape index (κ3) is 9.02. The maximum atomic E-state index is 11.8. The van der Waals surface area contributed by atoms with Gasteiger partial charge in [0.05, 0.1) is 5.60 Å². The van der Waals surface area contributed by atoms with Crippen LogP contribution in [0.3, 0.4) is 0 Å². The van der Waals surface area contributed by atoms with Gasteiger partial charge in [-0.15, -0.1) is 0 Å². The summed E-state index contributed by atoms with van der Waals surface area (Å²) in [7, 11) is 0. The van der Waals surface area contributed by atoms with Crippen LogP contribution in [0.2, 0.25) is 0 Å². The second-order valence-corrected chi connectivity index (χ2v) is 6.00. The molecule has 5 nitrogen and oxygen atoms in total. The number of carboxylic acids is 1. The van der Waals surface area contributed by atoms with E-state index in [4.69, 9.17) is 0 Å². The molecular weight excluding hydrogens is 309 g/mol. The predicted octanol–water partition coefficient (Wildman–Crippen LogP) is -2.47. The zero-order valence-electron chi connectivity index (χ0n) is 13.7. The van der Waals surface area contributed by atoms with E-state index >= 15 is 0 Å². The minimum Gasteiger partial charge on any atom is -0.550 e. The Hall–Kier alpha value is -0.244. The molecule has 1 unspecified atom stereocenters. The summed E-state index contributed by atoms with van der Waals surface area (Å²) in [5, 5.41) is 23.4. The van der Waals surface area contributed by atoms with Gasteiger partial charge in [-0.2, -0.15) is 0 Å².